The number of halogens is 1. The van der Waals surface area contributed by atoms with Gasteiger partial charge in [-0.2, -0.15) is 0 Å². The van der Waals surface area contributed by atoms with Crippen LogP contribution in [0.5, 0.6) is 0 Å². The van der Waals surface area contributed by atoms with E-state index in [1.807, 2.05) is 0 Å². The fourth-order valence-corrected chi connectivity index (χ4v) is 2.51. The van der Waals surface area contributed by atoms with Crippen LogP contribution in [-0.4, -0.2) is 6.04 Å². The second-order valence-corrected chi connectivity index (χ2v) is 5.59. The lowest BCUT2D eigenvalue weighted by Crippen LogP contribution is -2.19. The van der Waals surface area contributed by atoms with Gasteiger partial charge in [0.15, 0.2) is 0 Å². The predicted octanol–water partition coefficient (Wildman–Crippen LogP) is 4.34. The van der Waals surface area contributed by atoms with E-state index in [4.69, 9.17) is 0 Å². The van der Waals surface area contributed by atoms with Crippen molar-refractivity contribution < 1.29 is 0 Å². The highest BCUT2D eigenvalue weighted by molar-refractivity contribution is 14.1. The van der Waals surface area contributed by atoms with Crippen LogP contribution in [0, 0.1) is 0 Å². The third-order valence-electron chi connectivity index (χ3n) is 3.36. The lowest BCUT2D eigenvalue weighted by molar-refractivity contribution is 0.700. The zero-order chi connectivity index (χ0) is 13.5. The minimum Gasteiger partial charge on any atom is -0.258 e. The zero-order valence-electron chi connectivity index (χ0n) is 11.3. The molecule has 0 saturated carbocycles. The lowest BCUT2D eigenvalue weighted by atomic mass is 9.96. The van der Waals surface area contributed by atoms with Crippen molar-refractivity contribution in [3.05, 3.63) is 71.3 Å². The Morgan fingerprint density at radius 2 is 1.53 bits per heavy atom. The summed E-state index contributed by atoms with van der Waals surface area (Å²) in [5.41, 5.74) is 4.36. The number of aryl methyl sites for hydroxylation is 2. The predicted molar refractivity (Wildman–Crippen MR) is 90.6 cm³/mol. The van der Waals surface area contributed by atoms with E-state index in [0.717, 1.165) is 19.3 Å². The number of hydrogen-bond acceptors (Lipinski definition) is 1. The Kier molecular flexibility index (Phi) is 5.86. The van der Waals surface area contributed by atoms with Crippen LogP contribution >= 0.6 is 22.9 Å². The molecule has 2 heteroatoms. The van der Waals surface area contributed by atoms with Crippen LogP contribution in [0.1, 0.15) is 23.6 Å². The standard InChI is InChI=1S/C17H20IN/c1-14(19-18)13-17-10-6-5-9-16(17)12-11-15-7-3-2-4-8-15/h2-10,14,19H,11-13H2,1H3. The van der Waals surface area contributed by atoms with Gasteiger partial charge in [-0.25, -0.2) is 0 Å². The molecule has 0 aliphatic rings. The van der Waals surface area contributed by atoms with Crippen LogP contribution in [0.3, 0.4) is 0 Å². The zero-order valence-corrected chi connectivity index (χ0v) is 13.4. The SMILES string of the molecule is CC(Cc1ccccc1CCc1ccccc1)NI. The number of benzene rings is 2. The quantitative estimate of drug-likeness (QED) is 0.593. The Bertz CT molecular complexity index is 496. The van der Waals surface area contributed by atoms with Gasteiger partial charge < -0.3 is 0 Å². The monoisotopic (exact) mass is 365 g/mol. The maximum absolute atomic E-state index is 3.28. The van der Waals surface area contributed by atoms with Crippen molar-refractivity contribution in [3.8, 4) is 0 Å². The highest BCUT2D eigenvalue weighted by atomic mass is 127. The molecule has 2 rings (SSSR count). The first-order valence-electron chi connectivity index (χ1n) is 6.76. The molecule has 0 bridgehead atoms. The Balaban J connectivity index is 2.03. The minimum absolute atomic E-state index is 0.512. The van der Waals surface area contributed by atoms with Crippen molar-refractivity contribution in [2.24, 2.45) is 0 Å². The molecular formula is C17H20IN. The van der Waals surface area contributed by atoms with Crippen LogP contribution in [0.25, 0.3) is 0 Å². The van der Waals surface area contributed by atoms with E-state index in [2.05, 4.69) is 87.9 Å². The molecule has 1 nitrogen and oxygen atoms in total. The highest BCUT2D eigenvalue weighted by Crippen LogP contribution is 2.15. The van der Waals surface area contributed by atoms with Crippen molar-refractivity contribution in [1.82, 2.24) is 3.53 Å². The minimum atomic E-state index is 0.512. The molecule has 19 heavy (non-hydrogen) atoms. The fourth-order valence-electron chi connectivity index (χ4n) is 2.29. The summed E-state index contributed by atoms with van der Waals surface area (Å²) < 4.78 is 3.28. The molecule has 0 radical (unpaired) electrons. The molecule has 2 aromatic rings. The van der Waals surface area contributed by atoms with Crippen LogP contribution in [0.4, 0.5) is 0 Å². The Morgan fingerprint density at radius 1 is 0.895 bits per heavy atom. The summed E-state index contributed by atoms with van der Waals surface area (Å²) in [5, 5.41) is 0. The molecule has 0 aliphatic heterocycles. The van der Waals surface area contributed by atoms with Gasteiger partial charge in [0.2, 0.25) is 0 Å². The van der Waals surface area contributed by atoms with Gasteiger partial charge in [-0.15, -0.1) is 0 Å². The molecule has 0 saturated heterocycles. The Hall–Kier alpha value is -0.870. The van der Waals surface area contributed by atoms with Crippen molar-refractivity contribution in [1.29, 1.82) is 0 Å². The summed E-state index contributed by atoms with van der Waals surface area (Å²) in [5.74, 6) is 0. The highest BCUT2D eigenvalue weighted by Gasteiger charge is 2.06. The van der Waals surface area contributed by atoms with Gasteiger partial charge in [0.05, 0.1) is 0 Å². The van der Waals surface area contributed by atoms with Gasteiger partial charge >= 0.3 is 0 Å². The Morgan fingerprint density at radius 3 is 2.21 bits per heavy atom. The van der Waals surface area contributed by atoms with Gasteiger partial charge in [-0.3, -0.25) is 3.53 Å². The van der Waals surface area contributed by atoms with E-state index in [1.54, 1.807) is 0 Å². The first-order valence-corrected chi connectivity index (χ1v) is 7.84. The molecule has 2 aromatic carbocycles. The van der Waals surface area contributed by atoms with Crippen molar-refractivity contribution in [3.63, 3.8) is 0 Å². The second-order valence-electron chi connectivity index (χ2n) is 4.97. The third kappa shape index (κ3) is 4.62. The van der Waals surface area contributed by atoms with E-state index in [1.165, 1.54) is 16.7 Å². The fraction of sp³-hybridized carbons (Fsp3) is 0.294. The number of nitrogens with one attached hydrogen (secondary N) is 1. The smallest absolute Gasteiger partial charge is 0.0175 e. The molecule has 0 aromatic heterocycles. The summed E-state index contributed by atoms with van der Waals surface area (Å²) in [6.45, 7) is 2.22. The molecule has 1 unspecified atom stereocenters. The van der Waals surface area contributed by atoms with E-state index in [0.29, 0.717) is 6.04 Å². The second kappa shape index (κ2) is 7.65. The van der Waals surface area contributed by atoms with E-state index in [9.17, 15) is 0 Å². The summed E-state index contributed by atoms with van der Waals surface area (Å²) in [4.78, 5) is 0. The average molecular weight is 365 g/mol. The van der Waals surface area contributed by atoms with E-state index >= 15 is 0 Å². The van der Waals surface area contributed by atoms with Crippen LogP contribution < -0.4 is 3.53 Å². The topological polar surface area (TPSA) is 12.0 Å². The van der Waals surface area contributed by atoms with Gasteiger partial charge in [0.25, 0.3) is 0 Å². The third-order valence-corrected chi connectivity index (χ3v) is 4.42. The van der Waals surface area contributed by atoms with Gasteiger partial charge in [-0.1, -0.05) is 54.6 Å². The molecule has 100 valence electrons. The maximum atomic E-state index is 3.28. The summed E-state index contributed by atoms with van der Waals surface area (Å²) >= 11 is 2.23. The van der Waals surface area contributed by atoms with Crippen molar-refractivity contribution >= 4 is 22.9 Å². The van der Waals surface area contributed by atoms with E-state index < -0.39 is 0 Å². The summed E-state index contributed by atoms with van der Waals surface area (Å²) in [6, 6.07) is 20.0. The van der Waals surface area contributed by atoms with Gasteiger partial charge in [0.1, 0.15) is 0 Å². The largest absolute Gasteiger partial charge is 0.258 e. The number of rotatable bonds is 6. The maximum Gasteiger partial charge on any atom is 0.0175 e. The van der Waals surface area contributed by atoms with Crippen molar-refractivity contribution in [2.45, 2.75) is 32.2 Å². The molecule has 0 amide bonds. The lowest BCUT2D eigenvalue weighted by Gasteiger charge is -2.13. The van der Waals surface area contributed by atoms with Gasteiger partial charge in [0, 0.05) is 28.9 Å². The molecule has 0 aliphatic carbocycles. The molecule has 0 fully saturated rings. The average Bonchev–Trinajstić information content (AvgIpc) is 2.47. The summed E-state index contributed by atoms with van der Waals surface area (Å²) in [7, 11) is 0. The van der Waals surface area contributed by atoms with Crippen LogP contribution in [0.15, 0.2) is 54.6 Å². The first kappa shape index (κ1) is 14.5. The molecular weight excluding hydrogens is 345 g/mol. The summed E-state index contributed by atoms with van der Waals surface area (Å²) in [6.07, 6.45) is 3.33. The Labute approximate surface area is 129 Å². The van der Waals surface area contributed by atoms with Crippen molar-refractivity contribution in [2.75, 3.05) is 0 Å². The molecule has 1 N–H and O–H groups in total. The molecule has 0 heterocycles. The number of hydrogen-bond donors (Lipinski definition) is 1. The van der Waals surface area contributed by atoms with Crippen LogP contribution in [-0.2, 0) is 19.3 Å². The van der Waals surface area contributed by atoms with Crippen LogP contribution in [0.2, 0.25) is 0 Å². The molecule has 1 atom stereocenters. The first-order chi connectivity index (χ1) is 9.29. The van der Waals surface area contributed by atoms with E-state index in [-0.39, 0.29) is 0 Å². The molecule has 0 spiro atoms. The van der Waals surface area contributed by atoms with Gasteiger partial charge in [-0.05, 0) is 42.9 Å². The normalized spacial score (nSPS) is 12.3.